The standard InChI is InChI=1S/C12H19N5O/c13-10-7-14-16(8-10)5-3-15-4-6-17-11(9-15)1-2-12(17)18/h7-8,11H,1-6,9,13H2. The van der Waals surface area contributed by atoms with Gasteiger partial charge >= 0.3 is 0 Å². The van der Waals surface area contributed by atoms with Gasteiger partial charge in [0.25, 0.3) is 0 Å². The number of nitrogens with zero attached hydrogens (tertiary/aromatic N) is 4. The van der Waals surface area contributed by atoms with Gasteiger partial charge in [-0.3, -0.25) is 14.4 Å². The summed E-state index contributed by atoms with van der Waals surface area (Å²) in [5, 5.41) is 4.18. The highest BCUT2D eigenvalue weighted by Gasteiger charge is 2.35. The molecule has 0 bridgehead atoms. The number of rotatable bonds is 3. The van der Waals surface area contributed by atoms with Crippen molar-refractivity contribution in [3.8, 4) is 0 Å². The number of hydrogen-bond donors (Lipinski definition) is 1. The van der Waals surface area contributed by atoms with Gasteiger partial charge in [-0.2, -0.15) is 5.10 Å². The van der Waals surface area contributed by atoms with E-state index >= 15 is 0 Å². The van der Waals surface area contributed by atoms with Gasteiger partial charge < -0.3 is 10.6 Å². The first-order valence-electron chi connectivity index (χ1n) is 6.52. The Hall–Kier alpha value is -1.56. The average molecular weight is 249 g/mol. The quantitative estimate of drug-likeness (QED) is 0.803. The number of nitrogen functional groups attached to an aromatic ring is 1. The predicted octanol–water partition coefficient (Wildman–Crippen LogP) is -0.228. The number of amides is 1. The fourth-order valence-electron chi connectivity index (χ4n) is 2.88. The molecule has 0 aromatic carbocycles. The van der Waals surface area contributed by atoms with E-state index in [1.165, 1.54) is 0 Å². The van der Waals surface area contributed by atoms with Crippen LogP contribution in [0, 0.1) is 0 Å². The van der Waals surface area contributed by atoms with Crippen molar-refractivity contribution in [2.24, 2.45) is 0 Å². The smallest absolute Gasteiger partial charge is 0.222 e. The maximum absolute atomic E-state index is 11.6. The first-order valence-corrected chi connectivity index (χ1v) is 6.52. The molecular formula is C12H19N5O. The molecule has 2 aliphatic rings. The van der Waals surface area contributed by atoms with E-state index < -0.39 is 0 Å². The van der Waals surface area contributed by atoms with Crippen LogP contribution in [0.5, 0.6) is 0 Å². The molecule has 2 fully saturated rings. The lowest BCUT2D eigenvalue weighted by atomic mass is 10.1. The van der Waals surface area contributed by atoms with Crippen molar-refractivity contribution in [3.05, 3.63) is 12.4 Å². The minimum atomic E-state index is 0.333. The Balaban J connectivity index is 1.51. The average Bonchev–Trinajstić information content (AvgIpc) is 2.94. The minimum Gasteiger partial charge on any atom is -0.396 e. The lowest BCUT2D eigenvalue weighted by Gasteiger charge is -2.37. The van der Waals surface area contributed by atoms with Crippen LogP contribution in [-0.2, 0) is 11.3 Å². The van der Waals surface area contributed by atoms with E-state index in [1.807, 2.05) is 15.8 Å². The highest BCUT2D eigenvalue weighted by molar-refractivity contribution is 5.78. The van der Waals surface area contributed by atoms with Crippen LogP contribution in [0.1, 0.15) is 12.8 Å². The summed E-state index contributed by atoms with van der Waals surface area (Å²) in [6.45, 7) is 4.68. The van der Waals surface area contributed by atoms with E-state index in [0.29, 0.717) is 17.6 Å². The van der Waals surface area contributed by atoms with Crippen LogP contribution in [0.3, 0.4) is 0 Å². The van der Waals surface area contributed by atoms with Gasteiger partial charge in [-0.1, -0.05) is 0 Å². The molecule has 3 rings (SSSR count). The van der Waals surface area contributed by atoms with E-state index in [-0.39, 0.29) is 0 Å². The summed E-state index contributed by atoms with van der Waals surface area (Å²) >= 11 is 0. The fraction of sp³-hybridized carbons (Fsp3) is 0.667. The zero-order valence-electron chi connectivity index (χ0n) is 10.5. The van der Waals surface area contributed by atoms with Crippen LogP contribution in [0.2, 0.25) is 0 Å². The number of anilines is 1. The summed E-state index contributed by atoms with van der Waals surface area (Å²) in [4.78, 5) is 16.0. The van der Waals surface area contributed by atoms with Crippen molar-refractivity contribution in [2.45, 2.75) is 25.4 Å². The Kier molecular flexibility index (Phi) is 2.95. The Morgan fingerprint density at radius 1 is 1.39 bits per heavy atom. The van der Waals surface area contributed by atoms with Crippen LogP contribution in [0.4, 0.5) is 5.69 Å². The third-order valence-corrected chi connectivity index (χ3v) is 3.88. The molecule has 98 valence electrons. The van der Waals surface area contributed by atoms with Crippen molar-refractivity contribution in [2.75, 3.05) is 31.9 Å². The highest BCUT2D eigenvalue weighted by Crippen LogP contribution is 2.22. The Morgan fingerprint density at radius 2 is 2.28 bits per heavy atom. The van der Waals surface area contributed by atoms with Crippen LogP contribution in [0.25, 0.3) is 0 Å². The zero-order valence-corrected chi connectivity index (χ0v) is 10.5. The van der Waals surface area contributed by atoms with E-state index in [0.717, 1.165) is 45.6 Å². The second-order valence-electron chi connectivity index (χ2n) is 5.12. The molecular weight excluding hydrogens is 230 g/mol. The molecule has 2 saturated heterocycles. The van der Waals surface area contributed by atoms with Gasteiger partial charge in [-0.15, -0.1) is 0 Å². The van der Waals surface area contributed by atoms with E-state index in [4.69, 9.17) is 5.73 Å². The second kappa shape index (κ2) is 4.61. The molecule has 1 atom stereocenters. The Labute approximate surface area is 106 Å². The molecule has 0 radical (unpaired) electrons. The van der Waals surface area contributed by atoms with Crippen molar-refractivity contribution >= 4 is 11.6 Å². The molecule has 3 heterocycles. The molecule has 0 aliphatic carbocycles. The third-order valence-electron chi connectivity index (χ3n) is 3.88. The largest absolute Gasteiger partial charge is 0.396 e. The summed E-state index contributed by atoms with van der Waals surface area (Å²) in [6.07, 6.45) is 5.28. The number of piperazine rings is 1. The third kappa shape index (κ3) is 2.20. The van der Waals surface area contributed by atoms with Gasteiger partial charge in [0.15, 0.2) is 0 Å². The molecule has 2 N–H and O–H groups in total. The molecule has 1 amide bonds. The van der Waals surface area contributed by atoms with Crippen LogP contribution >= 0.6 is 0 Å². The Bertz CT molecular complexity index is 443. The van der Waals surface area contributed by atoms with Gasteiger partial charge in [0.05, 0.1) is 18.4 Å². The van der Waals surface area contributed by atoms with E-state index in [1.54, 1.807) is 6.20 Å². The number of carbonyl (C=O) groups is 1. The second-order valence-corrected chi connectivity index (χ2v) is 5.12. The molecule has 1 aromatic rings. The minimum absolute atomic E-state index is 0.333. The summed E-state index contributed by atoms with van der Waals surface area (Å²) < 4.78 is 1.88. The monoisotopic (exact) mass is 249 g/mol. The molecule has 0 spiro atoms. The summed E-state index contributed by atoms with van der Waals surface area (Å²) in [7, 11) is 0. The van der Waals surface area contributed by atoms with Crippen LogP contribution < -0.4 is 5.73 Å². The zero-order chi connectivity index (χ0) is 12.5. The van der Waals surface area contributed by atoms with Crippen molar-refractivity contribution in [1.29, 1.82) is 0 Å². The predicted molar refractivity (Wildman–Crippen MR) is 67.8 cm³/mol. The highest BCUT2D eigenvalue weighted by atomic mass is 16.2. The maximum Gasteiger partial charge on any atom is 0.222 e. The molecule has 6 heteroatoms. The van der Waals surface area contributed by atoms with Gasteiger partial charge in [-0.25, -0.2) is 0 Å². The summed E-state index contributed by atoms with van der Waals surface area (Å²) in [5.41, 5.74) is 6.34. The van der Waals surface area contributed by atoms with E-state index in [2.05, 4.69) is 10.00 Å². The van der Waals surface area contributed by atoms with Gasteiger partial charge in [0, 0.05) is 44.8 Å². The lowest BCUT2D eigenvalue weighted by Crippen LogP contribution is -2.51. The normalized spacial score (nSPS) is 24.6. The molecule has 18 heavy (non-hydrogen) atoms. The molecule has 6 nitrogen and oxygen atoms in total. The number of aromatic nitrogens is 2. The first kappa shape index (κ1) is 11.5. The lowest BCUT2D eigenvalue weighted by molar-refractivity contribution is -0.130. The number of carbonyl (C=O) groups excluding carboxylic acids is 1. The molecule has 2 aliphatic heterocycles. The fourth-order valence-corrected chi connectivity index (χ4v) is 2.88. The van der Waals surface area contributed by atoms with Crippen molar-refractivity contribution in [3.63, 3.8) is 0 Å². The number of hydrogen-bond acceptors (Lipinski definition) is 4. The van der Waals surface area contributed by atoms with Crippen LogP contribution in [0.15, 0.2) is 12.4 Å². The van der Waals surface area contributed by atoms with Gasteiger partial charge in [-0.05, 0) is 6.42 Å². The number of nitrogens with two attached hydrogens (primary N) is 1. The molecule has 1 unspecified atom stereocenters. The van der Waals surface area contributed by atoms with Gasteiger partial charge in [0.2, 0.25) is 5.91 Å². The van der Waals surface area contributed by atoms with E-state index in [9.17, 15) is 4.79 Å². The SMILES string of the molecule is Nc1cnn(CCN2CCN3C(=O)CCC3C2)c1. The first-order chi connectivity index (χ1) is 8.72. The number of fused-ring (bicyclic) bond motifs is 1. The van der Waals surface area contributed by atoms with Crippen molar-refractivity contribution < 1.29 is 4.79 Å². The van der Waals surface area contributed by atoms with Gasteiger partial charge in [0.1, 0.15) is 0 Å². The summed E-state index contributed by atoms with van der Waals surface area (Å²) in [6, 6.07) is 0.439. The maximum atomic E-state index is 11.6. The van der Waals surface area contributed by atoms with Crippen LogP contribution in [-0.4, -0.2) is 57.7 Å². The topological polar surface area (TPSA) is 67.4 Å². The van der Waals surface area contributed by atoms with Crippen molar-refractivity contribution in [1.82, 2.24) is 19.6 Å². The molecule has 0 saturated carbocycles. The Morgan fingerprint density at radius 3 is 3.06 bits per heavy atom. The summed E-state index contributed by atoms with van der Waals surface area (Å²) in [5.74, 6) is 0.333. The molecule has 1 aromatic heterocycles.